The van der Waals surface area contributed by atoms with E-state index in [0.717, 1.165) is 6.08 Å². The maximum absolute atomic E-state index is 13.9. The van der Waals surface area contributed by atoms with E-state index < -0.39 is 45.4 Å². The summed E-state index contributed by atoms with van der Waals surface area (Å²) in [6.07, 6.45) is 1.13. The van der Waals surface area contributed by atoms with Gasteiger partial charge in [0, 0.05) is 30.4 Å². The highest BCUT2D eigenvalue weighted by Crippen LogP contribution is 2.57. The number of allylic oxidation sites excluding steroid dienone is 4. The highest BCUT2D eigenvalue weighted by atomic mass is 16.5. The largest absolute Gasteiger partial charge is 0.507 e. The number of rotatable bonds is 5. The molecule has 2 heterocycles. The van der Waals surface area contributed by atoms with E-state index in [4.69, 9.17) is 4.74 Å². The van der Waals surface area contributed by atoms with Gasteiger partial charge in [0.15, 0.2) is 17.3 Å². The van der Waals surface area contributed by atoms with Crippen molar-refractivity contribution in [1.82, 2.24) is 14.9 Å². The van der Waals surface area contributed by atoms with Gasteiger partial charge in [0.25, 0.3) is 0 Å². The number of aromatic amines is 1. The van der Waals surface area contributed by atoms with Gasteiger partial charge in [-0.2, -0.15) is 0 Å². The van der Waals surface area contributed by atoms with E-state index in [1.807, 2.05) is 0 Å². The number of phenolic OH excluding ortho intramolecular Hbond substituents is 2. The molecule has 3 aromatic rings. The minimum atomic E-state index is -1.63. The normalized spacial score (nSPS) is 19.3. The van der Waals surface area contributed by atoms with Crippen molar-refractivity contribution < 1.29 is 29.3 Å². The van der Waals surface area contributed by atoms with Gasteiger partial charge in [-0.25, -0.2) is 0 Å². The topological polar surface area (TPSA) is 168 Å². The van der Waals surface area contributed by atoms with Crippen LogP contribution in [0, 0.1) is 6.92 Å². The van der Waals surface area contributed by atoms with Gasteiger partial charge in [0.2, 0.25) is 0 Å². The predicted molar refractivity (Wildman–Crippen MR) is 140 cm³/mol. The Morgan fingerprint density at radius 1 is 1.10 bits per heavy atom. The number of carbonyl (C=O) groups is 3. The van der Waals surface area contributed by atoms with Crippen molar-refractivity contribution >= 4 is 28.4 Å². The van der Waals surface area contributed by atoms with Crippen LogP contribution in [0.5, 0.6) is 17.2 Å². The Morgan fingerprint density at radius 3 is 2.49 bits per heavy atom. The van der Waals surface area contributed by atoms with Crippen molar-refractivity contribution in [2.24, 2.45) is 0 Å². The molecule has 0 fully saturated rings. The van der Waals surface area contributed by atoms with E-state index in [1.165, 1.54) is 32.3 Å². The Kier molecular flexibility index (Phi) is 5.82. The smallest absolute Gasteiger partial charge is 0.316 e. The number of Topliss-reactive ketones (excluding diaryl/α,β-unsaturated/α-hetero) is 2. The molecule has 2 aromatic carbocycles. The van der Waals surface area contributed by atoms with Crippen LogP contribution in [-0.2, 0) is 21.5 Å². The third-order valence-electron chi connectivity index (χ3n) is 7.37. The molecule has 200 valence electrons. The number of nitrogens with zero attached hydrogens (tertiary/aromatic N) is 1. The molecule has 2 aliphatic rings. The van der Waals surface area contributed by atoms with Crippen LogP contribution < -0.4 is 21.2 Å². The van der Waals surface area contributed by atoms with Gasteiger partial charge in [0.1, 0.15) is 34.0 Å². The first-order valence-corrected chi connectivity index (χ1v) is 12.1. The van der Waals surface area contributed by atoms with Crippen LogP contribution in [0.25, 0.3) is 11.0 Å². The number of aromatic nitrogens is 2. The molecule has 0 saturated carbocycles. The lowest BCUT2D eigenvalue weighted by Crippen LogP contribution is -2.42. The summed E-state index contributed by atoms with van der Waals surface area (Å²) in [7, 11) is 0. The lowest BCUT2D eigenvalue weighted by Gasteiger charge is -2.29. The minimum Gasteiger partial charge on any atom is -0.507 e. The van der Waals surface area contributed by atoms with Crippen LogP contribution >= 0.6 is 0 Å². The van der Waals surface area contributed by atoms with Gasteiger partial charge in [-0.3, -0.25) is 24.0 Å². The number of carbonyl (C=O) groups excluding carboxylic acids is 3. The van der Waals surface area contributed by atoms with Crippen LogP contribution in [0.3, 0.4) is 0 Å². The number of ether oxygens (including phenoxy) is 1. The first-order chi connectivity index (χ1) is 18.4. The second-order valence-electron chi connectivity index (χ2n) is 9.74. The molecule has 5 rings (SSSR count). The average Bonchev–Trinajstić information content (AvgIpc) is 3.17. The van der Waals surface area contributed by atoms with Crippen molar-refractivity contribution in [3.63, 3.8) is 0 Å². The van der Waals surface area contributed by atoms with Gasteiger partial charge in [0.05, 0.1) is 22.2 Å². The lowest BCUT2D eigenvalue weighted by molar-refractivity contribution is -0.123. The number of hydrogen-bond donors (Lipinski definition) is 4. The second-order valence-corrected chi connectivity index (χ2v) is 9.74. The predicted octanol–water partition coefficient (Wildman–Crippen LogP) is 1.86. The second kappa shape index (κ2) is 8.83. The van der Waals surface area contributed by atoms with Gasteiger partial charge in [-0.1, -0.05) is 12.1 Å². The number of aromatic hydroxyl groups is 2. The molecule has 11 nitrogen and oxygen atoms in total. The molecule has 39 heavy (non-hydrogen) atoms. The summed E-state index contributed by atoms with van der Waals surface area (Å²) < 4.78 is 7.07. The molecule has 0 saturated heterocycles. The van der Waals surface area contributed by atoms with E-state index >= 15 is 0 Å². The van der Waals surface area contributed by atoms with Gasteiger partial charge in [-0.05, 0) is 39.8 Å². The number of phenols is 2. The quantitative estimate of drug-likeness (QED) is 0.166. The molecule has 0 unspecified atom stereocenters. The molecular formula is C28H25N3O8. The Morgan fingerprint density at radius 2 is 1.79 bits per heavy atom. The van der Waals surface area contributed by atoms with Gasteiger partial charge < -0.3 is 29.8 Å². The fourth-order valence-electron chi connectivity index (χ4n) is 5.25. The molecule has 0 radical (unpaired) electrons. The molecular weight excluding hydrogens is 506 g/mol. The maximum Gasteiger partial charge on any atom is 0.316 e. The van der Waals surface area contributed by atoms with Gasteiger partial charge >= 0.3 is 11.1 Å². The van der Waals surface area contributed by atoms with E-state index in [1.54, 1.807) is 24.3 Å². The number of ketones is 3. The standard InChI is InChI=1S/C28H25N3O8/c1-12-22(34)20(14(3)32)24-21(23(12)35)28(4)18(39-24)11-17(33)19(25(28)36)13(2)29-9-10-31-16-8-6-5-7-15(16)30-26(37)27(31)38/h5-8,11,29,34-35H,9-10H2,1-4H3,(H,30,37)/b19-13+/t28-/m0/s1. The Balaban J connectivity index is 1.53. The first kappa shape index (κ1) is 25.7. The zero-order valence-corrected chi connectivity index (χ0v) is 21.6. The number of H-pyrrole nitrogens is 1. The lowest BCUT2D eigenvalue weighted by atomic mass is 9.70. The molecule has 0 amide bonds. The summed E-state index contributed by atoms with van der Waals surface area (Å²) in [5.74, 6) is -2.94. The highest BCUT2D eigenvalue weighted by molar-refractivity contribution is 6.31. The minimum absolute atomic E-state index is 0.00131. The van der Waals surface area contributed by atoms with Crippen molar-refractivity contribution in [3.8, 4) is 17.2 Å². The number of hydrogen-bond acceptors (Lipinski definition) is 9. The van der Waals surface area contributed by atoms with Crippen molar-refractivity contribution in [2.45, 2.75) is 39.7 Å². The summed E-state index contributed by atoms with van der Waals surface area (Å²) in [5, 5.41) is 24.4. The monoisotopic (exact) mass is 531 g/mol. The molecule has 1 atom stereocenters. The summed E-state index contributed by atoms with van der Waals surface area (Å²) in [4.78, 5) is 66.4. The van der Waals surface area contributed by atoms with E-state index in [-0.39, 0.29) is 52.6 Å². The number of para-hydroxylation sites is 2. The zero-order valence-electron chi connectivity index (χ0n) is 21.6. The fourth-order valence-corrected chi connectivity index (χ4v) is 5.25. The van der Waals surface area contributed by atoms with Crippen molar-refractivity contribution in [3.05, 3.63) is 84.8 Å². The van der Waals surface area contributed by atoms with Crippen LogP contribution in [0.1, 0.15) is 42.3 Å². The average molecular weight is 532 g/mol. The summed E-state index contributed by atoms with van der Waals surface area (Å²) in [6, 6.07) is 6.83. The van der Waals surface area contributed by atoms with E-state index in [2.05, 4.69) is 10.3 Å². The number of nitrogens with one attached hydrogen (secondary N) is 2. The zero-order chi connectivity index (χ0) is 28.4. The van der Waals surface area contributed by atoms with E-state index in [0.29, 0.717) is 11.0 Å². The molecule has 1 aliphatic carbocycles. The summed E-state index contributed by atoms with van der Waals surface area (Å²) in [5.41, 5.74) is -2.26. The van der Waals surface area contributed by atoms with Crippen LogP contribution in [0.15, 0.2) is 57.0 Å². The maximum atomic E-state index is 13.9. The molecule has 11 heteroatoms. The third-order valence-corrected chi connectivity index (χ3v) is 7.37. The number of fused-ring (bicyclic) bond motifs is 4. The summed E-state index contributed by atoms with van der Waals surface area (Å²) >= 11 is 0. The van der Waals surface area contributed by atoms with Gasteiger partial charge in [-0.15, -0.1) is 0 Å². The highest BCUT2D eigenvalue weighted by Gasteiger charge is 2.56. The Labute approximate surface area is 221 Å². The Hall–Kier alpha value is -4.93. The van der Waals surface area contributed by atoms with Crippen LogP contribution in [0.4, 0.5) is 0 Å². The van der Waals surface area contributed by atoms with Crippen LogP contribution in [0.2, 0.25) is 0 Å². The van der Waals surface area contributed by atoms with Crippen LogP contribution in [-0.4, -0.2) is 43.7 Å². The molecule has 0 bridgehead atoms. The molecule has 4 N–H and O–H groups in total. The number of benzene rings is 2. The SMILES string of the molecule is CC(=O)c1c(O)c(C)c(O)c2c1OC1=CC(=O)/C(=C(/C)NCCn3c(=O)c(=O)[nH]c4ccccc43)C(=O)[C@@]12C. The molecule has 1 aliphatic heterocycles. The van der Waals surface area contributed by atoms with Crippen molar-refractivity contribution in [1.29, 1.82) is 0 Å². The fraction of sp³-hybridized carbons (Fsp3) is 0.250. The van der Waals surface area contributed by atoms with E-state index in [9.17, 15) is 34.2 Å². The van der Waals surface area contributed by atoms with Crippen molar-refractivity contribution in [2.75, 3.05) is 6.54 Å². The third kappa shape index (κ3) is 3.61. The first-order valence-electron chi connectivity index (χ1n) is 12.1. The Bertz CT molecular complexity index is 1820. The summed E-state index contributed by atoms with van der Waals surface area (Å²) in [6.45, 7) is 5.82. The molecule has 1 aromatic heterocycles. The molecule has 0 spiro atoms.